The van der Waals surface area contributed by atoms with Gasteiger partial charge in [-0.05, 0) is 25.7 Å². The van der Waals surface area contributed by atoms with Crippen molar-refractivity contribution in [1.82, 2.24) is 15.8 Å². The molecule has 0 bridgehead atoms. The summed E-state index contributed by atoms with van der Waals surface area (Å²) in [5.74, 6) is 0.494. The van der Waals surface area contributed by atoms with Crippen LogP contribution in [-0.2, 0) is 0 Å². The number of hydrogen-bond acceptors (Lipinski definition) is 2. The third kappa shape index (κ3) is 3.67. The van der Waals surface area contributed by atoms with Gasteiger partial charge in [-0.25, -0.2) is 5.01 Å². The molecule has 3 N–H and O–H groups in total. The second-order valence-corrected chi connectivity index (χ2v) is 5.01. The maximum atomic E-state index is 7.90. The molecule has 16 heavy (non-hydrogen) atoms. The lowest BCUT2D eigenvalue weighted by molar-refractivity contribution is 0.190. The van der Waals surface area contributed by atoms with Crippen molar-refractivity contribution in [3.05, 3.63) is 0 Å². The maximum absolute atomic E-state index is 7.90. The van der Waals surface area contributed by atoms with Gasteiger partial charge in [-0.1, -0.05) is 25.7 Å². The molecule has 2 fully saturated rings. The fraction of sp³-hybridized carbons (Fsp3) is 0.917. The Morgan fingerprint density at radius 1 is 0.938 bits per heavy atom. The molecule has 0 aromatic carbocycles. The number of nitrogens with zero attached hydrogens (tertiary/aromatic N) is 1. The number of nitrogens with one attached hydrogen (secondary N) is 3. The minimum atomic E-state index is 0.494. The van der Waals surface area contributed by atoms with Crippen LogP contribution in [0.5, 0.6) is 0 Å². The van der Waals surface area contributed by atoms with Gasteiger partial charge in [0, 0.05) is 19.1 Å². The quantitative estimate of drug-likeness (QED) is 0.495. The highest BCUT2D eigenvalue weighted by Crippen LogP contribution is 2.17. The molecule has 0 unspecified atom stereocenters. The topological polar surface area (TPSA) is 51.2 Å². The van der Waals surface area contributed by atoms with Crippen LogP contribution in [0.4, 0.5) is 0 Å². The second kappa shape index (κ2) is 6.09. The van der Waals surface area contributed by atoms with Crippen LogP contribution in [0.3, 0.4) is 0 Å². The maximum Gasteiger partial charge on any atom is 0.203 e. The number of hydrazine groups is 1. The average Bonchev–Trinajstić information content (AvgIpc) is 2.31. The van der Waals surface area contributed by atoms with Gasteiger partial charge in [0.1, 0.15) is 0 Å². The van der Waals surface area contributed by atoms with Gasteiger partial charge in [0.25, 0.3) is 0 Å². The molecule has 92 valence electrons. The molecule has 0 amide bonds. The summed E-state index contributed by atoms with van der Waals surface area (Å²) < 4.78 is 0. The summed E-state index contributed by atoms with van der Waals surface area (Å²) in [4.78, 5) is 0. The predicted octanol–water partition coefficient (Wildman–Crippen LogP) is 1.83. The minimum absolute atomic E-state index is 0.494. The van der Waals surface area contributed by atoms with Gasteiger partial charge in [-0.2, -0.15) is 0 Å². The number of guanidine groups is 1. The van der Waals surface area contributed by atoms with Gasteiger partial charge in [-0.15, -0.1) is 0 Å². The first-order valence-electron chi connectivity index (χ1n) is 6.71. The largest absolute Gasteiger partial charge is 0.353 e. The first-order chi connectivity index (χ1) is 7.84. The van der Waals surface area contributed by atoms with Gasteiger partial charge in [0.05, 0.1) is 0 Å². The Morgan fingerprint density at radius 3 is 2.25 bits per heavy atom. The fourth-order valence-corrected chi connectivity index (χ4v) is 2.65. The SMILES string of the molecule is N=C(NC1CCCCC1)NN1CCCCC1. The molecule has 0 atom stereocenters. The minimum Gasteiger partial charge on any atom is -0.353 e. The first-order valence-corrected chi connectivity index (χ1v) is 6.71. The van der Waals surface area contributed by atoms with Gasteiger partial charge >= 0.3 is 0 Å². The summed E-state index contributed by atoms with van der Waals surface area (Å²) >= 11 is 0. The van der Waals surface area contributed by atoms with E-state index in [1.165, 1.54) is 51.4 Å². The van der Waals surface area contributed by atoms with Crippen LogP contribution in [0.2, 0.25) is 0 Å². The summed E-state index contributed by atoms with van der Waals surface area (Å²) in [5, 5.41) is 13.4. The van der Waals surface area contributed by atoms with E-state index in [1.54, 1.807) is 0 Å². The van der Waals surface area contributed by atoms with Crippen LogP contribution < -0.4 is 10.7 Å². The summed E-state index contributed by atoms with van der Waals surface area (Å²) in [6.45, 7) is 2.16. The number of rotatable bonds is 2. The summed E-state index contributed by atoms with van der Waals surface area (Å²) in [6.07, 6.45) is 10.3. The van der Waals surface area contributed by atoms with E-state index in [-0.39, 0.29) is 0 Å². The second-order valence-electron chi connectivity index (χ2n) is 5.01. The Morgan fingerprint density at radius 2 is 1.56 bits per heavy atom. The van der Waals surface area contributed by atoms with E-state index >= 15 is 0 Å². The Balaban J connectivity index is 1.66. The normalized spacial score (nSPS) is 24.0. The van der Waals surface area contributed by atoms with Gasteiger partial charge in [0.2, 0.25) is 5.96 Å². The highest BCUT2D eigenvalue weighted by molar-refractivity contribution is 5.76. The lowest BCUT2D eigenvalue weighted by atomic mass is 9.96. The molecule has 4 nitrogen and oxygen atoms in total. The van der Waals surface area contributed by atoms with E-state index in [0.717, 1.165) is 13.1 Å². The molecule has 0 spiro atoms. The zero-order valence-corrected chi connectivity index (χ0v) is 10.1. The van der Waals surface area contributed by atoms with Crippen molar-refractivity contribution in [2.75, 3.05) is 13.1 Å². The van der Waals surface area contributed by atoms with E-state index in [1.807, 2.05) is 0 Å². The van der Waals surface area contributed by atoms with Crippen molar-refractivity contribution < 1.29 is 0 Å². The smallest absolute Gasteiger partial charge is 0.203 e. The van der Waals surface area contributed by atoms with Crippen LogP contribution >= 0.6 is 0 Å². The highest BCUT2D eigenvalue weighted by atomic mass is 15.5. The van der Waals surface area contributed by atoms with Gasteiger partial charge < -0.3 is 5.32 Å². The molecule has 4 heteroatoms. The molecular formula is C12H24N4. The van der Waals surface area contributed by atoms with Crippen molar-refractivity contribution in [3.8, 4) is 0 Å². The zero-order chi connectivity index (χ0) is 11.2. The van der Waals surface area contributed by atoms with Crippen LogP contribution in [0.15, 0.2) is 0 Å². The molecule has 0 aromatic rings. The molecule has 0 radical (unpaired) electrons. The van der Waals surface area contributed by atoms with E-state index in [9.17, 15) is 0 Å². The Bertz CT molecular complexity index is 195. The molecule has 1 aliphatic heterocycles. The number of piperidine rings is 1. The predicted molar refractivity (Wildman–Crippen MR) is 66.3 cm³/mol. The molecule has 1 saturated carbocycles. The number of hydrogen-bond donors (Lipinski definition) is 3. The highest BCUT2D eigenvalue weighted by Gasteiger charge is 2.16. The van der Waals surface area contributed by atoms with Crippen molar-refractivity contribution in [1.29, 1.82) is 5.41 Å². The Kier molecular flexibility index (Phi) is 4.45. The fourth-order valence-electron chi connectivity index (χ4n) is 2.65. The average molecular weight is 224 g/mol. The molecule has 2 rings (SSSR count). The van der Waals surface area contributed by atoms with E-state index in [0.29, 0.717) is 12.0 Å². The Labute approximate surface area is 98.3 Å². The third-order valence-electron chi connectivity index (χ3n) is 3.58. The van der Waals surface area contributed by atoms with Crippen LogP contribution in [-0.4, -0.2) is 30.1 Å². The monoisotopic (exact) mass is 224 g/mol. The zero-order valence-electron chi connectivity index (χ0n) is 10.1. The molecule has 1 aliphatic carbocycles. The molecule has 2 aliphatic rings. The summed E-state index contributed by atoms with van der Waals surface area (Å²) in [5.41, 5.74) is 3.17. The first kappa shape index (κ1) is 11.7. The van der Waals surface area contributed by atoms with Crippen molar-refractivity contribution in [2.24, 2.45) is 0 Å². The van der Waals surface area contributed by atoms with E-state index in [2.05, 4.69) is 15.8 Å². The standard InChI is InChI=1S/C12H24N4/c13-12(14-11-7-3-1-4-8-11)15-16-9-5-2-6-10-16/h11H,1-10H2,(H3,13,14,15). The molecule has 1 saturated heterocycles. The molecular weight excluding hydrogens is 200 g/mol. The van der Waals surface area contributed by atoms with Crippen molar-refractivity contribution >= 4 is 5.96 Å². The lowest BCUT2D eigenvalue weighted by Gasteiger charge is -2.30. The van der Waals surface area contributed by atoms with Crippen LogP contribution in [0, 0.1) is 5.41 Å². The molecule has 1 heterocycles. The van der Waals surface area contributed by atoms with Crippen molar-refractivity contribution in [3.63, 3.8) is 0 Å². The van der Waals surface area contributed by atoms with Gasteiger partial charge in [-0.3, -0.25) is 10.8 Å². The van der Waals surface area contributed by atoms with Crippen LogP contribution in [0.25, 0.3) is 0 Å². The van der Waals surface area contributed by atoms with E-state index in [4.69, 9.17) is 5.41 Å². The van der Waals surface area contributed by atoms with Crippen LogP contribution in [0.1, 0.15) is 51.4 Å². The third-order valence-corrected chi connectivity index (χ3v) is 3.58. The van der Waals surface area contributed by atoms with Crippen molar-refractivity contribution in [2.45, 2.75) is 57.4 Å². The molecule has 0 aromatic heterocycles. The Hall–Kier alpha value is -0.770. The van der Waals surface area contributed by atoms with E-state index < -0.39 is 0 Å². The van der Waals surface area contributed by atoms with Gasteiger partial charge in [0.15, 0.2) is 0 Å². The lowest BCUT2D eigenvalue weighted by Crippen LogP contribution is -2.52. The summed E-state index contributed by atoms with van der Waals surface area (Å²) in [6, 6.07) is 0.526. The summed E-state index contributed by atoms with van der Waals surface area (Å²) in [7, 11) is 0.